The molecule has 88 valence electrons. The fraction of sp³-hybridized carbons (Fsp3) is 0.727. The van der Waals surface area contributed by atoms with E-state index >= 15 is 0 Å². The fourth-order valence-electron chi connectivity index (χ4n) is 3.24. The van der Waals surface area contributed by atoms with Crippen LogP contribution in [0.5, 0.6) is 0 Å². The van der Waals surface area contributed by atoms with Gasteiger partial charge in [0.2, 0.25) is 0 Å². The predicted molar refractivity (Wildman–Crippen MR) is 62.6 cm³/mol. The van der Waals surface area contributed by atoms with Crippen LogP contribution in [0, 0.1) is 17.8 Å². The molecule has 1 aromatic rings. The van der Waals surface area contributed by atoms with Gasteiger partial charge in [-0.3, -0.25) is 16.0 Å². The standard InChI is InChI=1S/C11H17ClN4/c1-16-11(9(12)5-14-16)10(15-13)8-3-6-2-7(6)4-8/h5-8,10,15H,2-4,13H2,1H3. The molecule has 3 rings (SSSR count). The molecule has 3 atom stereocenters. The minimum absolute atomic E-state index is 0.146. The van der Waals surface area contributed by atoms with Gasteiger partial charge < -0.3 is 0 Å². The van der Waals surface area contributed by atoms with Gasteiger partial charge in [0, 0.05) is 7.05 Å². The first-order valence-electron chi connectivity index (χ1n) is 5.84. The maximum Gasteiger partial charge on any atom is 0.0834 e. The Kier molecular flexibility index (Phi) is 2.46. The van der Waals surface area contributed by atoms with Crippen LogP contribution in [-0.4, -0.2) is 9.78 Å². The molecule has 5 heteroatoms. The van der Waals surface area contributed by atoms with Crippen LogP contribution < -0.4 is 11.3 Å². The number of aryl methyl sites for hydroxylation is 1. The van der Waals surface area contributed by atoms with Gasteiger partial charge in [-0.05, 0) is 37.0 Å². The van der Waals surface area contributed by atoms with Crippen molar-refractivity contribution in [3.63, 3.8) is 0 Å². The van der Waals surface area contributed by atoms with E-state index in [9.17, 15) is 0 Å². The third-order valence-corrected chi connectivity index (χ3v) is 4.45. The van der Waals surface area contributed by atoms with Crippen molar-refractivity contribution in [1.29, 1.82) is 0 Å². The smallest absolute Gasteiger partial charge is 0.0834 e. The van der Waals surface area contributed by atoms with Gasteiger partial charge in [0.1, 0.15) is 0 Å². The lowest BCUT2D eigenvalue weighted by molar-refractivity contribution is 0.331. The normalized spacial score (nSPS) is 33.8. The lowest BCUT2D eigenvalue weighted by Gasteiger charge is -2.24. The number of halogens is 1. The molecular weight excluding hydrogens is 224 g/mol. The molecule has 0 bridgehead atoms. The number of hydrogen-bond donors (Lipinski definition) is 2. The van der Waals surface area contributed by atoms with E-state index in [4.69, 9.17) is 17.4 Å². The minimum Gasteiger partial charge on any atom is -0.271 e. The van der Waals surface area contributed by atoms with Crippen LogP contribution in [0.2, 0.25) is 5.02 Å². The summed E-state index contributed by atoms with van der Waals surface area (Å²) in [5.74, 6) is 8.21. The quantitative estimate of drug-likeness (QED) is 0.624. The molecule has 0 amide bonds. The Balaban J connectivity index is 1.85. The molecule has 0 saturated heterocycles. The molecule has 3 N–H and O–H groups in total. The molecule has 2 aliphatic rings. The highest BCUT2D eigenvalue weighted by Gasteiger charge is 2.48. The summed E-state index contributed by atoms with van der Waals surface area (Å²) in [4.78, 5) is 0. The fourth-order valence-corrected chi connectivity index (χ4v) is 3.53. The van der Waals surface area contributed by atoms with Crippen LogP contribution in [0.25, 0.3) is 0 Å². The third kappa shape index (κ3) is 1.56. The zero-order chi connectivity index (χ0) is 11.3. The first kappa shape index (κ1) is 10.6. The Bertz CT molecular complexity index is 373. The highest BCUT2D eigenvalue weighted by molar-refractivity contribution is 6.31. The number of nitrogens with two attached hydrogens (primary N) is 1. The van der Waals surface area contributed by atoms with Crippen LogP contribution in [0.1, 0.15) is 31.0 Å². The van der Waals surface area contributed by atoms with Crippen LogP contribution in [0.3, 0.4) is 0 Å². The van der Waals surface area contributed by atoms with Gasteiger partial charge in [-0.1, -0.05) is 11.6 Å². The van der Waals surface area contributed by atoms with Crippen molar-refractivity contribution in [1.82, 2.24) is 15.2 Å². The summed E-state index contributed by atoms with van der Waals surface area (Å²) in [6.07, 6.45) is 5.67. The largest absolute Gasteiger partial charge is 0.271 e. The zero-order valence-corrected chi connectivity index (χ0v) is 10.1. The lowest BCUT2D eigenvalue weighted by atomic mass is 9.92. The van der Waals surface area contributed by atoms with E-state index < -0.39 is 0 Å². The van der Waals surface area contributed by atoms with Gasteiger partial charge in [-0.2, -0.15) is 5.10 Å². The van der Waals surface area contributed by atoms with Gasteiger partial charge in [0.25, 0.3) is 0 Å². The average Bonchev–Trinajstić information content (AvgIpc) is 2.75. The van der Waals surface area contributed by atoms with E-state index in [0.717, 1.165) is 17.5 Å². The molecule has 0 spiro atoms. The number of fused-ring (bicyclic) bond motifs is 1. The second-order valence-electron chi connectivity index (χ2n) is 5.13. The van der Waals surface area contributed by atoms with Crippen molar-refractivity contribution in [2.45, 2.75) is 25.3 Å². The summed E-state index contributed by atoms with van der Waals surface area (Å²) < 4.78 is 1.83. The summed E-state index contributed by atoms with van der Waals surface area (Å²) in [5.41, 5.74) is 3.95. The van der Waals surface area contributed by atoms with Crippen molar-refractivity contribution in [2.24, 2.45) is 30.6 Å². The van der Waals surface area contributed by atoms with Crippen LogP contribution in [-0.2, 0) is 7.05 Å². The Morgan fingerprint density at radius 1 is 1.50 bits per heavy atom. The number of nitrogens with zero attached hydrogens (tertiary/aromatic N) is 2. The molecular formula is C11H17ClN4. The van der Waals surface area contributed by atoms with Crippen LogP contribution in [0.15, 0.2) is 6.20 Å². The summed E-state index contributed by atoms with van der Waals surface area (Å²) in [6, 6.07) is 0.146. The van der Waals surface area contributed by atoms with E-state index in [-0.39, 0.29) is 6.04 Å². The molecule has 2 saturated carbocycles. The monoisotopic (exact) mass is 240 g/mol. The molecule has 0 aliphatic heterocycles. The van der Waals surface area contributed by atoms with E-state index in [1.165, 1.54) is 19.3 Å². The van der Waals surface area contributed by atoms with E-state index in [0.29, 0.717) is 10.9 Å². The van der Waals surface area contributed by atoms with Gasteiger partial charge in [-0.15, -0.1) is 0 Å². The summed E-state index contributed by atoms with van der Waals surface area (Å²) in [5, 5.41) is 4.89. The SMILES string of the molecule is Cn1ncc(Cl)c1C(NN)C1CC2CC2C1. The molecule has 2 aliphatic carbocycles. The molecule has 1 aromatic heterocycles. The molecule has 1 heterocycles. The average molecular weight is 241 g/mol. The molecule has 0 radical (unpaired) electrons. The zero-order valence-electron chi connectivity index (χ0n) is 9.36. The number of aromatic nitrogens is 2. The number of rotatable bonds is 3. The Hall–Kier alpha value is -0.580. The number of hydrogen-bond acceptors (Lipinski definition) is 3. The molecule has 2 fully saturated rings. The topological polar surface area (TPSA) is 55.9 Å². The van der Waals surface area contributed by atoms with Crippen molar-refractivity contribution in [2.75, 3.05) is 0 Å². The minimum atomic E-state index is 0.146. The van der Waals surface area contributed by atoms with Gasteiger partial charge >= 0.3 is 0 Å². The Morgan fingerprint density at radius 3 is 2.69 bits per heavy atom. The molecule has 0 aromatic carbocycles. The van der Waals surface area contributed by atoms with Crippen molar-refractivity contribution in [3.05, 3.63) is 16.9 Å². The maximum atomic E-state index is 6.17. The van der Waals surface area contributed by atoms with Crippen LogP contribution >= 0.6 is 11.6 Å². The highest BCUT2D eigenvalue weighted by atomic mass is 35.5. The van der Waals surface area contributed by atoms with E-state index in [2.05, 4.69) is 10.5 Å². The first-order chi connectivity index (χ1) is 7.70. The first-order valence-corrected chi connectivity index (χ1v) is 6.22. The van der Waals surface area contributed by atoms with Crippen LogP contribution in [0.4, 0.5) is 0 Å². The summed E-state index contributed by atoms with van der Waals surface area (Å²) >= 11 is 6.17. The second kappa shape index (κ2) is 3.72. The Morgan fingerprint density at radius 2 is 2.19 bits per heavy atom. The van der Waals surface area contributed by atoms with Gasteiger partial charge in [0.15, 0.2) is 0 Å². The van der Waals surface area contributed by atoms with Gasteiger partial charge in [-0.25, -0.2) is 0 Å². The summed E-state index contributed by atoms with van der Waals surface area (Å²) in [7, 11) is 1.92. The predicted octanol–water partition coefficient (Wildman–Crippen LogP) is 1.62. The van der Waals surface area contributed by atoms with Crippen molar-refractivity contribution < 1.29 is 0 Å². The highest BCUT2D eigenvalue weighted by Crippen LogP contribution is 2.57. The molecule has 4 nitrogen and oxygen atoms in total. The van der Waals surface area contributed by atoms with E-state index in [1.54, 1.807) is 6.20 Å². The lowest BCUT2D eigenvalue weighted by Crippen LogP contribution is -2.34. The molecule has 16 heavy (non-hydrogen) atoms. The Labute approximate surface area is 100 Å². The second-order valence-corrected chi connectivity index (χ2v) is 5.54. The van der Waals surface area contributed by atoms with E-state index in [1.807, 2.05) is 11.7 Å². The van der Waals surface area contributed by atoms with Crippen molar-refractivity contribution >= 4 is 11.6 Å². The van der Waals surface area contributed by atoms with Crippen molar-refractivity contribution in [3.8, 4) is 0 Å². The number of hydrazine groups is 1. The number of nitrogens with one attached hydrogen (secondary N) is 1. The third-order valence-electron chi connectivity index (χ3n) is 4.16. The maximum absolute atomic E-state index is 6.17. The molecule has 3 unspecified atom stereocenters. The van der Waals surface area contributed by atoms with Gasteiger partial charge in [0.05, 0.1) is 23.0 Å². The summed E-state index contributed by atoms with van der Waals surface area (Å²) in [6.45, 7) is 0.